The number of aromatic nitrogens is 2. The van der Waals surface area contributed by atoms with Crippen molar-refractivity contribution < 1.29 is 9.53 Å². The van der Waals surface area contributed by atoms with Crippen LogP contribution in [0.15, 0.2) is 0 Å². The maximum absolute atomic E-state index is 11.7. The van der Waals surface area contributed by atoms with Crippen molar-refractivity contribution in [3.8, 4) is 0 Å². The Morgan fingerprint density at radius 1 is 1.39 bits per heavy atom. The minimum Gasteiger partial charge on any atom is -0.465 e. The molecule has 1 heterocycles. The van der Waals surface area contributed by atoms with E-state index < -0.39 is 5.97 Å². The molecule has 18 heavy (non-hydrogen) atoms. The normalized spacial score (nSPS) is 10.8. The molecule has 7 heteroatoms. The van der Waals surface area contributed by atoms with Gasteiger partial charge in [-0.3, -0.25) is 0 Å². The van der Waals surface area contributed by atoms with Crippen LogP contribution in [0.4, 0.5) is 11.6 Å². The summed E-state index contributed by atoms with van der Waals surface area (Å²) in [5, 5.41) is 4.34. The van der Waals surface area contributed by atoms with Crippen LogP contribution in [-0.2, 0) is 11.3 Å². The van der Waals surface area contributed by atoms with Gasteiger partial charge in [0.25, 0.3) is 0 Å². The molecule has 0 aromatic carbocycles. The first-order valence-electron chi connectivity index (χ1n) is 5.65. The molecule has 2 N–H and O–H groups in total. The number of carbonyl (C=O) groups excluding carboxylic acids is 1. The molecule has 1 rings (SSSR count). The fourth-order valence-corrected chi connectivity index (χ4v) is 1.54. The van der Waals surface area contributed by atoms with Crippen molar-refractivity contribution in [3.63, 3.8) is 0 Å². The second-order valence-corrected chi connectivity index (χ2v) is 4.50. The number of hydrogen-bond donors (Lipinski definition) is 1. The van der Waals surface area contributed by atoms with E-state index in [0.717, 1.165) is 6.54 Å². The van der Waals surface area contributed by atoms with Crippen molar-refractivity contribution in [2.75, 3.05) is 52.5 Å². The molecule has 0 saturated carbocycles. The van der Waals surface area contributed by atoms with Gasteiger partial charge in [-0.25, -0.2) is 9.48 Å². The van der Waals surface area contributed by atoms with Crippen molar-refractivity contribution in [3.05, 3.63) is 5.56 Å². The lowest BCUT2D eigenvalue weighted by atomic mass is 10.3. The summed E-state index contributed by atoms with van der Waals surface area (Å²) in [6.07, 6.45) is 0. The zero-order valence-corrected chi connectivity index (χ0v) is 11.6. The van der Waals surface area contributed by atoms with Crippen LogP contribution in [0.3, 0.4) is 0 Å². The summed E-state index contributed by atoms with van der Waals surface area (Å²) in [6, 6.07) is 0. The number of anilines is 2. The molecule has 0 aliphatic carbocycles. The lowest BCUT2D eigenvalue weighted by Crippen LogP contribution is -2.20. The molecule has 102 valence electrons. The molecule has 1 aromatic rings. The Morgan fingerprint density at radius 2 is 2.00 bits per heavy atom. The predicted octanol–water partition coefficient (Wildman–Crippen LogP) is -0.120. The number of likely N-dealkylation sites (N-methyl/N-ethyl adjacent to an activating group) is 1. The fraction of sp³-hybridized carbons (Fsp3) is 0.636. The number of carbonyl (C=O) groups is 1. The van der Waals surface area contributed by atoms with E-state index in [0.29, 0.717) is 23.7 Å². The quantitative estimate of drug-likeness (QED) is 0.739. The van der Waals surface area contributed by atoms with Gasteiger partial charge in [0, 0.05) is 20.6 Å². The highest BCUT2D eigenvalue weighted by molar-refractivity contribution is 5.99. The van der Waals surface area contributed by atoms with Crippen molar-refractivity contribution in [2.45, 2.75) is 6.54 Å². The molecule has 1 aromatic heterocycles. The van der Waals surface area contributed by atoms with Crippen LogP contribution >= 0.6 is 0 Å². The molecular formula is C11H21N5O2. The average molecular weight is 255 g/mol. The van der Waals surface area contributed by atoms with Gasteiger partial charge < -0.3 is 20.3 Å². The van der Waals surface area contributed by atoms with Gasteiger partial charge in [0.1, 0.15) is 11.4 Å². The van der Waals surface area contributed by atoms with Gasteiger partial charge in [0.2, 0.25) is 0 Å². The number of methoxy groups -OCH3 is 1. The molecule has 0 radical (unpaired) electrons. The van der Waals surface area contributed by atoms with E-state index in [1.54, 1.807) is 9.58 Å². The molecule has 0 spiro atoms. The number of ether oxygens (including phenoxy) is 1. The maximum Gasteiger partial charge on any atom is 0.345 e. The van der Waals surface area contributed by atoms with E-state index in [1.807, 2.05) is 33.1 Å². The molecule has 0 amide bonds. The lowest BCUT2D eigenvalue weighted by molar-refractivity contribution is 0.0602. The van der Waals surface area contributed by atoms with Crippen LogP contribution in [0.2, 0.25) is 0 Å². The van der Waals surface area contributed by atoms with Crippen LogP contribution < -0.4 is 10.6 Å². The first-order valence-corrected chi connectivity index (χ1v) is 5.65. The third-order valence-electron chi connectivity index (χ3n) is 2.55. The third-order valence-corrected chi connectivity index (χ3v) is 2.55. The first-order chi connectivity index (χ1) is 8.38. The minimum atomic E-state index is -0.465. The zero-order chi connectivity index (χ0) is 13.9. The van der Waals surface area contributed by atoms with Crippen LogP contribution in [-0.4, -0.2) is 62.5 Å². The van der Waals surface area contributed by atoms with E-state index >= 15 is 0 Å². The van der Waals surface area contributed by atoms with Crippen molar-refractivity contribution in [1.29, 1.82) is 0 Å². The average Bonchev–Trinajstić information content (AvgIpc) is 2.63. The highest BCUT2D eigenvalue weighted by Crippen LogP contribution is 2.24. The number of nitrogens with two attached hydrogens (primary N) is 1. The van der Waals surface area contributed by atoms with Gasteiger partial charge in [-0.15, -0.1) is 0 Å². The molecule has 0 saturated heterocycles. The Morgan fingerprint density at radius 3 is 2.44 bits per heavy atom. The standard InChI is InChI=1S/C11H21N5O2/c1-14(2)6-7-16-9(12)8(11(17)18-5)10(13-16)15(3)4/h6-7,12H2,1-5H3. The summed E-state index contributed by atoms with van der Waals surface area (Å²) in [5.41, 5.74) is 6.28. The highest BCUT2D eigenvalue weighted by Gasteiger charge is 2.23. The number of nitrogen functional groups attached to an aromatic ring is 1. The summed E-state index contributed by atoms with van der Waals surface area (Å²) in [7, 11) is 8.88. The van der Waals surface area contributed by atoms with E-state index in [-0.39, 0.29) is 0 Å². The molecule has 0 bridgehead atoms. The van der Waals surface area contributed by atoms with Gasteiger partial charge in [-0.2, -0.15) is 5.10 Å². The topological polar surface area (TPSA) is 76.6 Å². The molecule has 0 unspecified atom stereocenters. The molecule has 7 nitrogen and oxygen atoms in total. The summed E-state index contributed by atoms with van der Waals surface area (Å²) in [5.74, 6) is 0.401. The SMILES string of the molecule is COC(=O)c1c(N(C)C)nn(CCN(C)C)c1N. The monoisotopic (exact) mass is 255 g/mol. The van der Waals surface area contributed by atoms with Gasteiger partial charge in [-0.1, -0.05) is 0 Å². The molecule has 0 aliphatic heterocycles. The van der Waals surface area contributed by atoms with Gasteiger partial charge in [0.15, 0.2) is 5.82 Å². The van der Waals surface area contributed by atoms with E-state index in [2.05, 4.69) is 5.10 Å². The van der Waals surface area contributed by atoms with E-state index in [4.69, 9.17) is 10.5 Å². The molecule has 0 atom stereocenters. The Balaban J connectivity index is 3.11. The van der Waals surface area contributed by atoms with E-state index in [1.165, 1.54) is 7.11 Å². The third kappa shape index (κ3) is 2.92. The zero-order valence-electron chi connectivity index (χ0n) is 11.6. The predicted molar refractivity (Wildman–Crippen MR) is 70.9 cm³/mol. The smallest absolute Gasteiger partial charge is 0.345 e. The number of hydrogen-bond acceptors (Lipinski definition) is 6. The highest BCUT2D eigenvalue weighted by atomic mass is 16.5. The molecule has 0 aliphatic rings. The summed E-state index contributed by atoms with van der Waals surface area (Å²) in [4.78, 5) is 15.5. The minimum absolute atomic E-state index is 0.321. The Labute approximate surface area is 107 Å². The summed E-state index contributed by atoms with van der Waals surface area (Å²) in [6.45, 7) is 1.41. The fourth-order valence-electron chi connectivity index (χ4n) is 1.54. The van der Waals surface area contributed by atoms with Gasteiger partial charge in [0.05, 0.1) is 13.7 Å². The van der Waals surface area contributed by atoms with Crippen molar-refractivity contribution in [2.24, 2.45) is 0 Å². The Kier molecular flexibility index (Phi) is 4.55. The Hall–Kier alpha value is -1.76. The lowest BCUT2D eigenvalue weighted by Gasteiger charge is -2.10. The number of rotatable bonds is 5. The molecular weight excluding hydrogens is 234 g/mol. The Bertz CT molecular complexity index is 425. The first kappa shape index (κ1) is 14.3. The van der Waals surface area contributed by atoms with Crippen molar-refractivity contribution >= 4 is 17.6 Å². The van der Waals surface area contributed by atoms with E-state index in [9.17, 15) is 4.79 Å². The van der Waals surface area contributed by atoms with Crippen LogP contribution in [0, 0.1) is 0 Å². The molecule has 0 fully saturated rings. The van der Waals surface area contributed by atoms with Gasteiger partial charge >= 0.3 is 5.97 Å². The second kappa shape index (κ2) is 5.72. The van der Waals surface area contributed by atoms with Crippen LogP contribution in [0.25, 0.3) is 0 Å². The largest absolute Gasteiger partial charge is 0.465 e. The second-order valence-electron chi connectivity index (χ2n) is 4.50. The van der Waals surface area contributed by atoms with Crippen LogP contribution in [0.5, 0.6) is 0 Å². The van der Waals surface area contributed by atoms with Crippen molar-refractivity contribution in [1.82, 2.24) is 14.7 Å². The maximum atomic E-state index is 11.7. The number of esters is 1. The number of nitrogens with zero attached hydrogens (tertiary/aromatic N) is 4. The van der Waals surface area contributed by atoms with Gasteiger partial charge in [-0.05, 0) is 14.1 Å². The van der Waals surface area contributed by atoms with Crippen LogP contribution in [0.1, 0.15) is 10.4 Å². The summed E-state index contributed by atoms with van der Waals surface area (Å²) >= 11 is 0. The summed E-state index contributed by atoms with van der Waals surface area (Å²) < 4.78 is 6.36.